The van der Waals surface area contributed by atoms with Gasteiger partial charge in [-0.15, -0.1) is 0 Å². The smallest absolute Gasteiger partial charge is 0.293 e. The fraction of sp³-hybridized carbons (Fsp3) is 0.188. The van der Waals surface area contributed by atoms with Gasteiger partial charge in [0.25, 0.3) is 15.7 Å². The first-order valence-electron chi connectivity index (χ1n) is 6.99. The number of hydrogen-bond donors (Lipinski definition) is 0. The van der Waals surface area contributed by atoms with Crippen LogP contribution in [0.25, 0.3) is 0 Å². The summed E-state index contributed by atoms with van der Waals surface area (Å²) in [6.07, 6.45) is 0. The summed E-state index contributed by atoms with van der Waals surface area (Å²) in [5.41, 5.74) is 0.536. The van der Waals surface area contributed by atoms with E-state index in [-0.39, 0.29) is 21.9 Å². The number of benzene rings is 2. The van der Waals surface area contributed by atoms with Gasteiger partial charge in [0, 0.05) is 18.7 Å². The predicted octanol–water partition coefficient (Wildman–Crippen LogP) is 2.93. The molecule has 2 aromatic carbocycles. The number of ketones is 1. The van der Waals surface area contributed by atoms with Crippen LogP contribution in [0.3, 0.4) is 0 Å². The molecule has 7 nitrogen and oxygen atoms in total. The van der Waals surface area contributed by atoms with Crippen molar-refractivity contribution >= 4 is 27.2 Å². The van der Waals surface area contributed by atoms with Gasteiger partial charge in [0.1, 0.15) is 5.69 Å². The van der Waals surface area contributed by atoms with E-state index in [9.17, 15) is 23.3 Å². The first-order chi connectivity index (χ1) is 11.1. The van der Waals surface area contributed by atoms with Crippen molar-refractivity contribution in [2.24, 2.45) is 0 Å². The molecular formula is C16H16N2O5S. The molecular weight excluding hydrogens is 332 g/mol. The number of sulfonamides is 1. The molecule has 0 bridgehead atoms. The minimum absolute atomic E-state index is 0.0122. The first kappa shape index (κ1) is 17.6. The molecule has 0 aliphatic heterocycles. The fourth-order valence-electron chi connectivity index (χ4n) is 2.15. The topological polar surface area (TPSA) is 97.6 Å². The molecule has 8 heteroatoms. The number of anilines is 1. The molecule has 126 valence electrons. The van der Waals surface area contributed by atoms with Crippen LogP contribution >= 0.6 is 0 Å². The predicted molar refractivity (Wildman–Crippen MR) is 89.9 cm³/mol. The van der Waals surface area contributed by atoms with Crippen LogP contribution in [0, 0.1) is 17.0 Å². The van der Waals surface area contributed by atoms with E-state index in [1.54, 1.807) is 12.1 Å². The number of rotatable bonds is 5. The third-order valence-electron chi connectivity index (χ3n) is 3.60. The Bertz CT molecular complexity index is 905. The van der Waals surface area contributed by atoms with Gasteiger partial charge in [0.2, 0.25) is 0 Å². The lowest BCUT2D eigenvalue weighted by Crippen LogP contribution is -2.27. The third kappa shape index (κ3) is 3.28. The van der Waals surface area contributed by atoms with Gasteiger partial charge < -0.3 is 0 Å². The van der Waals surface area contributed by atoms with Gasteiger partial charge in [-0.3, -0.25) is 19.2 Å². The summed E-state index contributed by atoms with van der Waals surface area (Å²) in [4.78, 5) is 22.1. The van der Waals surface area contributed by atoms with E-state index < -0.39 is 20.6 Å². The van der Waals surface area contributed by atoms with Crippen molar-refractivity contribution in [3.8, 4) is 0 Å². The highest BCUT2D eigenvalue weighted by Crippen LogP contribution is 2.32. The van der Waals surface area contributed by atoms with Crippen molar-refractivity contribution in [2.45, 2.75) is 18.7 Å². The van der Waals surface area contributed by atoms with E-state index in [1.807, 2.05) is 6.92 Å². The van der Waals surface area contributed by atoms with Crippen molar-refractivity contribution in [1.29, 1.82) is 0 Å². The van der Waals surface area contributed by atoms with Crippen molar-refractivity contribution < 1.29 is 18.1 Å². The van der Waals surface area contributed by atoms with Gasteiger partial charge in [-0.05, 0) is 38.1 Å². The Morgan fingerprint density at radius 1 is 1.12 bits per heavy atom. The number of nitro groups is 1. The Morgan fingerprint density at radius 3 is 2.21 bits per heavy atom. The molecule has 0 radical (unpaired) electrons. The molecule has 0 amide bonds. The average molecular weight is 348 g/mol. The van der Waals surface area contributed by atoms with Gasteiger partial charge in [-0.1, -0.05) is 17.7 Å². The second-order valence-electron chi connectivity index (χ2n) is 5.30. The van der Waals surface area contributed by atoms with Gasteiger partial charge in [-0.25, -0.2) is 8.42 Å². The normalized spacial score (nSPS) is 11.1. The molecule has 0 N–H and O–H groups in total. The van der Waals surface area contributed by atoms with Crippen LogP contribution in [0.15, 0.2) is 47.4 Å². The Balaban J connectivity index is 2.60. The summed E-state index contributed by atoms with van der Waals surface area (Å²) in [6.45, 7) is 3.13. The van der Waals surface area contributed by atoms with Crippen LogP contribution in [0.4, 0.5) is 11.4 Å². The van der Waals surface area contributed by atoms with Crippen molar-refractivity contribution in [2.75, 3.05) is 11.4 Å². The van der Waals surface area contributed by atoms with E-state index >= 15 is 0 Å². The highest BCUT2D eigenvalue weighted by molar-refractivity contribution is 7.92. The Hall–Kier alpha value is -2.74. The molecule has 0 aliphatic carbocycles. The summed E-state index contributed by atoms with van der Waals surface area (Å²) in [5.74, 6) is -0.313. The molecule has 0 aromatic heterocycles. The standard InChI is InChI=1S/C16H16N2O5S/c1-11-4-7-14(8-5-11)24(22,23)17(3)16-10-13(12(2)19)6-9-15(16)18(20)21/h4-10H,1-3H3. The number of nitro benzene ring substituents is 1. The lowest BCUT2D eigenvalue weighted by Gasteiger charge is -2.20. The van der Waals surface area contributed by atoms with Crippen LogP contribution in [-0.4, -0.2) is 26.2 Å². The molecule has 0 aliphatic rings. The second kappa shape index (κ2) is 6.40. The zero-order valence-corrected chi connectivity index (χ0v) is 14.2. The molecule has 2 aromatic rings. The van der Waals surface area contributed by atoms with E-state index in [4.69, 9.17) is 0 Å². The van der Waals surface area contributed by atoms with Crippen LogP contribution in [0.5, 0.6) is 0 Å². The maximum atomic E-state index is 12.7. The quantitative estimate of drug-likeness (QED) is 0.470. The Morgan fingerprint density at radius 2 is 1.71 bits per heavy atom. The molecule has 0 saturated heterocycles. The lowest BCUT2D eigenvalue weighted by molar-refractivity contribution is -0.384. The van der Waals surface area contributed by atoms with E-state index in [0.29, 0.717) is 0 Å². The molecule has 0 spiro atoms. The highest BCUT2D eigenvalue weighted by Gasteiger charge is 2.28. The SMILES string of the molecule is CC(=O)c1ccc([N+](=O)[O-])c(N(C)S(=O)(=O)c2ccc(C)cc2)c1. The second-order valence-corrected chi connectivity index (χ2v) is 7.27. The van der Waals surface area contributed by atoms with Gasteiger partial charge in [0.05, 0.1) is 9.82 Å². The molecule has 0 atom stereocenters. The Kier molecular flexibility index (Phi) is 4.70. The summed E-state index contributed by atoms with van der Waals surface area (Å²) >= 11 is 0. The number of carbonyl (C=O) groups is 1. The summed E-state index contributed by atoms with van der Waals surface area (Å²) in [6, 6.07) is 9.79. The minimum atomic E-state index is -3.99. The van der Waals surface area contributed by atoms with E-state index in [2.05, 4.69) is 0 Å². The van der Waals surface area contributed by atoms with Crippen LogP contribution < -0.4 is 4.31 Å². The average Bonchev–Trinajstić information content (AvgIpc) is 2.53. The lowest BCUT2D eigenvalue weighted by atomic mass is 10.1. The van der Waals surface area contributed by atoms with E-state index in [0.717, 1.165) is 15.9 Å². The monoisotopic (exact) mass is 348 g/mol. The van der Waals surface area contributed by atoms with Crippen LogP contribution in [0.2, 0.25) is 0 Å². The van der Waals surface area contributed by atoms with Crippen molar-refractivity contribution in [3.05, 3.63) is 63.7 Å². The van der Waals surface area contributed by atoms with Gasteiger partial charge >= 0.3 is 0 Å². The molecule has 24 heavy (non-hydrogen) atoms. The molecule has 0 fully saturated rings. The van der Waals surface area contributed by atoms with E-state index in [1.165, 1.54) is 38.2 Å². The maximum absolute atomic E-state index is 12.7. The highest BCUT2D eigenvalue weighted by atomic mass is 32.2. The van der Waals surface area contributed by atoms with Crippen LogP contribution in [-0.2, 0) is 10.0 Å². The molecule has 0 saturated carbocycles. The molecule has 2 rings (SSSR count). The molecule has 0 unspecified atom stereocenters. The zero-order valence-electron chi connectivity index (χ0n) is 13.4. The Labute approximate surface area is 139 Å². The molecule has 0 heterocycles. The number of hydrogen-bond acceptors (Lipinski definition) is 5. The largest absolute Gasteiger partial charge is 0.295 e. The number of aryl methyl sites for hydroxylation is 1. The fourth-order valence-corrected chi connectivity index (χ4v) is 3.35. The number of Topliss-reactive ketones (excluding diaryl/α,β-unsaturated/α-hetero) is 1. The van der Waals surface area contributed by atoms with Crippen molar-refractivity contribution in [3.63, 3.8) is 0 Å². The van der Waals surface area contributed by atoms with Gasteiger partial charge in [-0.2, -0.15) is 0 Å². The minimum Gasteiger partial charge on any atom is -0.295 e. The zero-order chi connectivity index (χ0) is 18.1. The summed E-state index contributed by atoms with van der Waals surface area (Å²) in [5, 5.41) is 11.2. The number of carbonyl (C=O) groups excluding carboxylic acids is 1. The summed E-state index contributed by atoms with van der Waals surface area (Å²) in [7, 11) is -2.77. The summed E-state index contributed by atoms with van der Waals surface area (Å²) < 4.78 is 26.3. The van der Waals surface area contributed by atoms with Crippen LogP contribution in [0.1, 0.15) is 22.8 Å². The maximum Gasteiger partial charge on any atom is 0.293 e. The van der Waals surface area contributed by atoms with Gasteiger partial charge in [0.15, 0.2) is 5.78 Å². The number of nitrogens with zero attached hydrogens (tertiary/aromatic N) is 2. The first-order valence-corrected chi connectivity index (χ1v) is 8.43. The third-order valence-corrected chi connectivity index (χ3v) is 5.38. The van der Waals surface area contributed by atoms with Crippen molar-refractivity contribution in [1.82, 2.24) is 0 Å².